The van der Waals surface area contributed by atoms with Crippen molar-refractivity contribution < 1.29 is 4.74 Å². The van der Waals surface area contributed by atoms with E-state index in [9.17, 15) is 0 Å². The minimum Gasteiger partial charge on any atom is -0.478 e. The lowest BCUT2D eigenvalue weighted by Crippen LogP contribution is -2.31. The van der Waals surface area contributed by atoms with Crippen LogP contribution in [0.25, 0.3) is 0 Å². The zero-order valence-electron chi connectivity index (χ0n) is 8.44. The lowest BCUT2D eigenvalue weighted by atomic mass is 10.1. The topological polar surface area (TPSA) is 36.3 Å². The van der Waals surface area contributed by atoms with Gasteiger partial charge in [-0.15, -0.1) is 6.58 Å². The predicted octanol–water partition coefficient (Wildman–Crippen LogP) is 1.90. The third-order valence-corrected chi connectivity index (χ3v) is 2.37. The summed E-state index contributed by atoms with van der Waals surface area (Å²) in [5.41, 5.74) is 1.75. The molecule has 76 valence electrons. The first-order valence-corrected chi connectivity index (χ1v) is 4.82. The molecule has 1 aromatic rings. The summed E-state index contributed by atoms with van der Waals surface area (Å²) >= 11 is 0. The summed E-state index contributed by atoms with van der Waals surface area (Å²) in [5.74, 6) is 0.884. The Morgan fingerprint density at radius 1 is 1.60 bits per heavy atom. The summed E-state index contributed by atoms with van der Waals surface area (Å²) in [6.45, 7) is 5.90. The zero-order valence-corrected chi connectivity index (χ0v) is 8.44. The van der Waals surface area contributed by atoms with Crippen LogP contribution in [0.2, 0.25) is 0 Å². The molecule has 1 heterocycles. The molecule has 0 unspecified atom stereocenters. The highest BCUT2D eigenvalue weighted by Gasteiger charge is 2.16. The van der Waals surface area contributed by atoms with Gasteiger partial charge in [0.15, 0.2) is 0 Å². The first-order chi connectivity index (χ1) is 7.33. The standard InChI is InChI=1S/C12H12N2O/c1-2-5-14-8-11-6-10(7-13)3-4-12(11)15-9-14/h2-4,6H,1,5,8-9H2. The monoisotopic (exact) mass is 200 g/mol. The van der Waals surface area contributed by atoms with Crippen molar-refractivity contribution in [1.29, 1.82) is 5.26 Å². The lowest BCUT2D eigenvalue weighted by Gasteiger charge is -2.27. The molecule has 0 spiro atoms. The van der Waals surface area contributed by atoms with Crippen molar-refractivity contribution in [2.45, 2.75) is 6.54 Å². The van der Waals surface area contributed by atoms with Gasteiger partial charge in [-0.3, -0.25) is 4.90 Å². The molecular formula is C12H12N2O. The molecular weight excluding hydrogens is 188 g/mol. The van der Waals surface area contributed by atoms with Crippen molar-refractivity contribution >= 4 is 0 Å². The van der Waals surface area contributed by atoms with Crippen LogP contribution in [0.1, 0.15) is 11.1 Å². The minimum absolute atomic E-state index is 0.588. The highest BCUT2D eigenvalue weighted by atomic mass is 16.5. The molecule has 1 aromatic carbocycles. The molecule has 2 rings (SSSR count). The van der Waals surface area contributed by atoms with Gasteiger partial charge in [-0.2, -0.15) is 5.26 Å². The van der Waals surface area contributed by atoms with E-state index in [1.165, 1.54) is 0 Å². The van der Waals surface area contributed by atoms with E-state index in [2.05, 4.69) is 17.5 Å². The number of fused-ring (bicyclic) bond motifs is 1. The first kappa shape index (κ1) is 9.75. The van der Waals surface area contributed by atoms with Gasteiger partial charge in [-0.05, 0) is 18.2 Å². The highest BCUT2D eigenvalue weighted by molar-refractivity contribution is 5.42. The van der Waals surface area contributed by atoms with Crippen molar-refractivity contribution in [3.63, 3.8) is 0 Å². The van der Waals surface area contributed by atoms with Crippen LogP contribution in [0.3, 0.4) is 0 Å². The van der Waals surface area contributed by atoms with Gasteiger partial charge < -0.3 is 4.74 Å². The van der Waals surface area contributed by atoms with Gasteiger partial charge in [0.05, 0.1) is 11.6 Å². The molecule has 0 aromatic heterocycles. The molecule has 0 saturated carbocycles. The zero-order chi connectivity index (χ0) is 10.7. The molecule has 0 aliphatic carbocycles. The van der Waals surface area contributed by atoms with Crippen LogP contribution in [0, 0.1) is 11.3 Å². The quantitative estimate of drug-likeness (QED) is 0.684. The Hall–Kier alpha value is -1.79. The maximum Gasteiger partial charge on any atom is 0.142 e. The maximum absolute atomic E-state index is 8.79. The Morgan fingerprint density at radius 3 is 3.20 bits per heavy atom. The number of nitriles is 1. The van der Waals surface area contributed by atoms with E-state index >= 15 is 0 Å². The molecule has 0 amide bonds. The second-order valence-electron chi connectivity index (χ2n) is 3.51. The molecule has 0 bridgehead atoms. The summed E-state index contributed by atoms with van der Waals surface area (Å²) in [4.78, 5) is 2.12. The number of ether oxygens (including phenoxy) is 1. The van der Waals surface area contributed by atoms with Gasteiger partial charge in [-0.1, -0.05) is 6.08 Å². The third-order valence-electron chi connectivity index (χ3n) is 2.37. The molecule has 0 saturated heterocycles. The Balaban J connectivity index is 2.23. The SMILES string of the molecule is C=CCN1COc2ccc(C#N)cc2C1. The normalized spacial score (nSPS) is 14.9. The number of hydrogen-bond donors (Lipinski definition) is 0. The third kappa shape index (κ3) is 2.00. The Labute approximate surface area is 89.2 Å². The largest absolute Gasteiger partial charge is 0.478 e. The Kier molecular flexibility index (Phi) is 2.70. The number of rotatable bonds is 2. The van der Waals surface area contributed by atoms with E-state index in [-0.39, 0.29) is 0 Å². The molecule has 0 atom stereocenters. The molecule has 15 heavy (non-hydrogen) atoms. The van der Waals surface area contributed by atoms with Crippen molar-refractivity contribution in [2.75, 3.05) is 13.3 Å². The van der Waals surface area contributed by atoms with Crippen LogP contribution in [-0.2, 0) is 6.54 Å². The number of benzene rings is 1. The van der Waals surface area contributed by atoms with E-state index in [1.807, 2.05) is 18.2 Å². The second-order valence-corrected chi connectivity index (χ2v) is 3.51. The van der Waals surface area contributed by atoms with Crippen LogP contribution < -0.4 is 4.74 Å². The smallest absolute Gasteiger partial charge is 0.142 e. The fourth-order valence-electron chi connectivity index (χ4n) is 1.66. The highest BCUT2D eigenvalue weighted by Crippen LogP contribution is 2.25. The van der Waals surface area contributed by atoms with Crippen LogP contribution in [0.5, 0.6) is 5.75 Å². The van der Waals surface area contributed by atoms with E-state index in [1.54, 1.807) is 6.07 Å². The molecule has 0 radical (unpaired) electrons. The van der Waals surface area contributed by atoms with Crippen molar-refractivity contribution in [3.05, 3.63) is 42.0 Å². The minimum atomic E-state index is 0.588. The van der Waals surface area contributed by atoms with E-state index in [0.717, 1.165) is 24.4 Å². The van der Waals surface area contributed by atoms with Gasteiger partial charge in [0.2, 0.25) is 0 Å². The van der Waals surface area contributed by atoms with Crippen molar-refractivity contribution in [3.8, 4) is 11.8 Å². The Morgan fingerprint density at radius 2 is 2.47 bits per heavy atom. The van der Waals surface area contributed by atoms with Crippen LogP contribution >= 0.6 is 0 Å². The van der Waals surface area contributed by atoms with E-state index in [0.29, 0.717) is 12.3 Å². The molecule has 3 heteroatoms. The van der Waals surface area contributed by atoms with Crippen LogP contribution in [0.15, 0.2) is 30.9 Å². The number of hydrogen-bond acceptors (Lipinski definition) is 3. The summed E-state index contributed by atoms with van der Waals surface area (Å²) in [6.07, 6.45) is 1.85. The van der Waals surface area contributed by atoms with Gasteiger partial charge in [0.1, 0.15) is 12.5 Å². The average Bonchev–Trinajstić information content (AvgIpc) is 2.28. The summed E-state index contributed by atoms with van der Waals surface area (Å²) in [6, 6.07) is 7.65. The van der Waals surface area contributed by atoms with Gasteiger partial charge >= 0.3 is 0 Å². The Bertz CT molecular complexity index is 420. The van der Waals surface area contributed by atoms with Crippen LogP contribution in [0.4, 0.5) is 0 Å². The maximum atomic E-state index is 8.79. The molecule has 1 aliphatic rings. The summed E-state index contributed by atoms with van der Waals surface area (Å²) < 4.78 is 5.56. The first-order valence-electron chi connectivity index (χ1n) is 4.82. The summed E-state index contributed by atoms with van der Waals surface area (Å²) in [5, 5.41) is 8.79. The predicted molar refractivity (Wildman–Crippen MR) is 57.3 cm³/mol. The average molecular weight is 200 g/mol. The molecule has 0 N–H and O–H groups in total. The van der Waals surface area contributed by atoms with Crippen molar-refractivity contribution in [2.24, 2.45) is 0 Å². The molecule has 3 nitrogen and oxygen atoms in total. The van der Waals surface area contributed by atoms with Crippen LogP contribution in [-0.4, -0.2) is 18.2 Å². The summed E-state index contributed by atoms with van der Waals surface area (Å²) in [7, 11) is 0. The van der Waals surface area contributed by atoms with Gasteiger partial charge in [0, 0.05) is 18.7 Å². The van der Waals surface area contributed by atoms with Gasteiger partial charge in [0.25, 0.3) is 0 Å². The number of nitrogens with zero attached hydrogens (tertiary/aromatic N) is 2. The lowest BCUT2D eigenvalue weighted by molar-refractivity contribution is 0.107. The van der Waals surface area contributed by atoms with E-state index < -0.39 is 0 Å². The second kappa shape index (κ2) is 4.16. The van der Waals surface area contributed by atoms with E-state index in [4.69, 9.17) is 10.00 Å². The molecule has 1 aliphatic heterocycles. The fraction of sp³-hybridized carbons (Fsp3) is 0.250. The fourth-order valence-corrected chi connectivity index (χ4v) is 1.66. The molecule has 0 fully saturated rings. The van der Waals surface area contributed by atoms with Gasteiger partial charge in [-0.25, -0.2) is 0 Å². The van der Waals surface area contributed by atoms with Crippen molar-refractivity contribution in [1.82, 2.24) is 4.90 Å².